The average Bonchev–Trinajstić information content (AvgIpc) is 2.99. The number of aryl methyl sites for hydroxylation is 1. The topological polar surface area (TPSA) is 54.3 Å². The third kappa shape index (κ3) is 5.28. The van der Waals surface area contributed by atoms with Crippen molar-refractivity contribution in [2.24, 2.45) is 0 Å². The first-order chi connectivity index (χ1) is 9.84. The summed E-state index contributed by atoms with van der Waals surface area (Å²) < 4.78 is 5.14. The summed E-state index contributed by atoms with van der Waals surface area (Å²) in [5.74, 6) is 0.753. The predicted octanol–water partition coefficient (Wildman–Crippen LogP) is 2.12. The van der Waals surface area contributed by atoms with E-state index in [9.17, 15) is 4.79 Å². The molecule has 0 atom stereocenters. The van der Waals surface area contributed by atoms with E-state index in [0.29, 0.717) is 13.1 Å². The molecule has 20 heavy (non-hydrogen) atoms. The van der Waals surface area contributed by atoms with Gasteiger partial charge in [-0.2, -0.15) is 0 Å². The van der Waals surface area contributed by atoms with Crippen LogP contribution >= 0.6 is 0 Å². The maximum Gasteiger partial charge on any atom is 0.234 e. The molecule has 4 nitrogen and oxygen atoms in total. The number of rotatable bonds is 8. The van der Waals surface area contributed by atoms with E-state index in [0.717, 1.165) is 25.1 Å². The van der Waals surface area contributed by atoms with Gasteiger partial charge in [0.15, 0.2) is 0 Å². The molecule has 106 valence electrons. The second kappa shape index (κ2) is 8.17. The van der Waals surface area contributed by atoms with Crippen LogP contribution in [0.5, 0.6) is 0 Å². The van der Waals surface area contributed by atoms with Gasteiger partial charge in [0.1, 0.15) is 5.76 Å². The monoisotopic (exact) mass is 272 g/mol. The Kier molecular flexibility index (Phi) is 5.86. The molecule has 2 aromatic rings. The quantitative estimate of drug-likeness (QED) is 0.724. The van der Waals surface area contributed by atoms with Crippen LogP contribution in [0.1, 0.15) is 17.7 Å². The molecule has 2 N–H and O–H groups in total. The Morgan fingerprint density at radius 2 is 1.95 bits per heavy atom. The second-order valence-corrected chi connectivity index (χ2v) is 4.62. The van der Waals surface area contributed by atoms with Gasteiger partial charge in [-0.15, -0.1) is 0 Å². The molecule has 0 radical (unpaired) electrons. The third-order valence-electron chi connectivity index (χ3n) is 2.99. The smallest absolute Gasteiger partial charge is 0.234 e. The molecule has 1 aromatic heterocycles. The largest absolute Gasteiger partial charge is 0.467 e. The van der Waals surface area contributed by atoms with Gasteiger partial charge in [0.25, 0.3) is 0 Å². The molecule has 0 fully saturated rings. The Bertz CT molecular complexity index is 494. The summed E-state index contributed by atoms with van der Waals surface area (Å²) in [6, 6.07) is 14.0. The van der Waals surface area contributed by atoms with Crippen molar-refractivity contribution in [3.63, 3.8) is 0 Å². The van der Waals surface area contributed by atoms with Crippen LogP contribution in [-0.4, -0.2) is 19.0 Å². The van der Waals surface area contributed by atoms with E-state index in [4.69, 9.17) is 4.42 Å². The van der Waals surface area contributed by atoms with Gasteiger partial charge in [-0.05, 0) is 37.1 Å². The van der Waals surface area contributed by atoms with E-state index in [1.165, 1.54) is 5.56 Å². The van der Waals surface area contributed by atoms with Crippen molar-refractivity contribution in [1.29, 1.82) is 0 Å². The molecule has 0 aliphatic carbocycles. The second-order valence-electron chi connectivity index (χ2n) is 4.62. The number of benzene rings is 1. The summed E-state index contributed by atoms with van der Waals surface area (Å²) >= 11 is 0. The van der Waals surface area contributed by atoms with E-state index in [1.807, 2.05) is 30.3 Å². The van der Waals surface area contributed by atoms with Crippen LogP contribution in [0, 0.1) is 0 Å². The number of carbonyl (C=O) groups excluding carboxylic acids is 1. The fourth-order valence-corrected chi connectivity index (χ4v) is 1.93. The molecule has 0 saturated heterocycles. The molecule has 0 aliphatic rings. The maximum absolute atomic E-state index is 11.6. The first kappa shape index (κ1) is 14.3. The highest BCUT2D eigenvalue weighted by atomic mass is 16.3. The summed E-state index contributed by atoms with van der Waals surface area (Å²) in [6.07, 6.45) is 3.65. The summed E-state index contributed by atoms with van der Waals surface area (Å²) in [5.41, 5.74) is 1.33. The Hall–Kier alpha value is -2.07. The van der Waals surface area contributed by atoms with Crippen LogP contribution in [0.25, 0.3) is 0 Å². The lowest BCUT2D eigenvalue weighted by molar-refractivity contribution is -0.120. The van der Waals surface area contributed by atoms with E-state index in [-0.39, 0.29) is 5.91 Å². The number of amides is 1. The molecule has 2 rings (SSSR count). The number of nitrogens with one attached hydrogen (secondary N) is 2. The molecule has 0 saturated carbocycles. The minimum absolute atomic E-state index is 0.0129. The van der Waals surface area contributed by atoms with Crippen molar-refractivity contribution >= 4 is 5.91 Å². The molecule has 1 amide bonds. The fourth-order valence-electron chi connectivity index (χ4n) is 1.93. The SMILES string of the molecule is O=C(CNCCCc1ccccc1)NCc1ccco1. The molecule has 4 heteroatoms. The summed E-state index contributed by atoms with van der Waals surface area (Å²) in [7, 11) is 0. The van der Waals surface area contributed by atoms with Gasteiger partial charge in [0.2, 0.25) is 5.91 Å². The number of hydrogen-bond donors (Lipinski definition) is 2. The van der Waals surface area contributed by atoms with Gasteiger partial charge in [-0.3, -0.25) is 4.79 Å². The lowest BCUT2D eigenvalue weighted by atomic mass is 10.1. The highest BCUT2D eigenvalue weighted by Gasteiger charge is 2.01. The van der Waals surface area contributed by atoms with Crippen molar-refractivity contribution in [2.75, 3.05) is 13.1 Å². The van der Waals surface area contributed by atoms with E-state index < -0.39 is 0 Å². The normalized spacial score (nSPS) is 10.4. The Labute approximate surface area is 119 Å². The van der Waals surface area contributed by atoms with E-state index in [2.05, 4.69) is 22.8 Å². The minimum atomic E-state index is -0.0129. The fraction of sp³-hybridized carbons (Fsp3) is 0.312. The van der Waals surface area contributed by atoms with Crippen LogP contribution in [0.2, 0.25) is 0 Å². The molecule has 0 aliphatic heterocycles. The Morgan fingerprint density at radius 1 is 1.10 bits per heavy atom. The highest BCUT2D eigenvalue weighted by molar-refractivity contribution is 5.77. The van der Waals surface area contributed by atoms with Crippen LogP contribution in [0.15, 0.2) is 53.1 Å². The standard InChI is InChI=1S/C16H20N2O2/c19-16(18-12-15-9-5-11-20-15)13-17-10-4-8-14-6-2-1-3-7-14/h1-3,5-7,9,11,17H,4,8,10,12-13H2,(H,18,19). The van der Waals surface area contributed by atoms with Gasteiger partial charge >= 0.3 is 0 Å². The average molecular weight is 272 g/mol. The minimum Gasteiger partial charge on any atom is -0.467 e. The molecular weight excluding hydrogens is 252 g/mol. The molecule has 0 unspecified atom stereocenters. The zero-order valence-corrected chi connectivity index (χ0v) is 11.5. The van der Waals surface area contributed by atoms with Crippen LogP contribution in [-0.2, 0) is 17.8 Å². The van der Waals surface area contributed by atoms with E-state index >= 15 is 0 Å². The first-order valence-electron chi connectivity index (χ1n) is 6.88. The van der Waals surface area contributed by atoms with Crippen molar-refractivity contribution in [1.82, 2.24) is 10.6 Å². The zero-order chi connectivity index (χ0) is 14.0. The summed E-state index contributed by atoms with van der Waals surface area (Å²) in [4.78, 5) is 11.6. The van der Waals surface area contributed by atoms with Crippen LogP contribution < -0.4 is 10.6 Å². The van der Waals surface area contributed by atoms with Crippen molar-refractivity contribution in [3.05, 3.63) is 60.1 Å². The van der Waals surface area contributed by atoms with Gasteiger partial charge in [-0.1, -0.05) is 30.3 Å². The van der Waals surface area contributed by atoms with Crippen molar-refractivity contribution < 1.29 is 9.21 Å². The molecule has 1 heterocycles. The van der Waals surface area contributed by atoms with Gasteiger partial charge in [0.05, 0.1) is 19.4 Å². The highest BCUT2D eigenvalue weighted by Crippen LogP contribution is 2.01. The van der Waals surface area contributed by atoms with Crippen molar-refractivity contribution in [2.45, 2.75) is 19.4 Å². The number of furan rings is 1. The molecular formula is C16H20N2O2. The first-order valence-corrected chi connectivity index (χ1v) is 6.88. The zero-order valence-electron chi connectivity index (χ0n) is 11.5. The van der Waals surface area contributed by atoms with Crippen LogP contribution in [0.4, 0.5) is 0 Å². The Morgan fingerprint density at radius 3 is 2.70 bits per heavy atom. The molecule has 1 aromatic carbocycles. The van der Waals surface area contributed by atoms with Crippen LogP contribution in [0.3, 0.4) is 0 Å². The predicted molar refractivity (Wildman–Crippen MR) is 78.2 cm³/mol. The van der Waals surface area contributed by atoms with E-state index in [1.54, 1.807) is 6.26 Å². The molecule has 0 spiro atoms. The maximum atomic E-state index is 11.6. The third-order valence-corrected chi connectivity index (χ3v) is 2.99. The van der Waals surface area contributed by atoms with Gasteiger partial charge in [0, 0.05) is 0 Å². The number of carbonyl (C=O) groups is 1. The molecule has 0 bridgehead atoms. The summed E-state index contributed by atoms with van der Waals surface area (Å²) in [5, 5.41) is 5.94. The lowest BCUT2D eigenvalue weighted by Gasteiger charge is -2.05. The lowest BCUT2D eigenvalue weighted by Crippen LogP contribution is -2.33. The Balaban J connectivity index is 1.51. The van der Waals surface area contributed by atoms with Gasteiger partial charge < -0.3 is 15.1 Å². The van der Waals surface area contributed by atoms with Gasteiger partial charge in [-0.25, -0.2) is 0 Å². The number of hydrogen-bond acceptors (Lipinski definition) is 3. The van der Waals surface area contributed by atoms with Crippen molar-refractivity contribution in [3.8, 4) is 0 Å². The summed E-state index contributed by atoms with van der Waals surface area (Å²) in [6.45, 7) is 1.62.